The van der Waals surface area contributed by atoms with Gasteiger partial charge in [0, 0.05) is 11.0 Å². The number of nitrogens with zero attached hydrogens (tertiary/aromatic N) is 2. The Morgan fingerprint density at radius 1 is 1.18 bits per heavy atom. The Hall–Kier alpha value is -2.56. The van der Waals surface area contributed by atoms with Crippen molar-refractivity contribution in [3.8, 4) is 11.5 Å². The minimum absolute atomic E-state index is 0.0382. The molecule has 2 aromatic carbocycles. The van der Waals surface area contributed by atoms with Gasteiger partial charge in [0.15, 0.2) is 16.7 Å². The number of amides is 1. The van der Waals surface area contributed by atoms with Crippen molar-refractivity contribution in [3.05, 3.63) is 70.1 Å². The third-order valence-electron chi connectivity index (χ3n) is 4.75. The van der Waals surface area contributed by atoms with Crippen LogP contribution in [-0.4, -0.2) is 44.7 Å². The van der Waals surface area contributed by atoms with Crippen molar-refractivity contribution in [1.29, 1.82) is 0 Å². The van der Waals surface area contributed by atoms with Crippen LogP contribution in [0.25, 0.3) is 6.08 Å². The summed E-state index contributed by atoms with van der Waals surface area (Å²) in [7, 11) is -2.44. The molecule has 0 aromatic heterocycles. The van der Waals surface area contributed by atoms with Crippen LogP contribution >= 0.6 is 27.7 Å². The molecule has 34 heavy (non-hydrogen) atoms. The summed E-state index contributed by atoms with van der Waals surface area (Å²) < 4.78 is 41.6. The lowest BCUT2D eigenvalue weighted by atomic mass is 10.2. The molecule has 2 aromatic rings. The van der Waals surface area contributed by atoms with Crippen molar-refractivity contribution in [2.45, 2.75) is 24.7 Å². The highest BCUT2D eigenvalue weighted by atomic mass is 79.9. The fourth-order valence-corrected chi connectivity index (χ4v) is 5.46. The Kier molecular flexibility index (Phi) is 8.98. The number of sulfonamides is 1. The fraction of sp³-hybridized carbons (Fsp3) is 0.250. The normalized spacial score (nSPS) is 16.3. The van der Waals surface area contributed by atoms with Crippen LogP contribution in [0.2, 0.25) is 0 Å². The topological polar surface area (TPSA) is 85.3 Å². The number of hydrogen-bond acceptors (Lipinski definition) is 6. The lowest BCUT2D eigenvalue weighted by molar-refractivity contribution is -0.121. The lowest BCUT2D eigenvalue weighted by Crippen LogP contribution is -2.29. The highest BCUT2D eigenvalue weighted by molar-refractivity contribution is 9.10. The Bertz CT molecular complexity index is 1220. The second kappa shape index (κ2) is 11.7. The Balaban J connectivity index is 1.94. The summed E-state index contributed by atoms with van der Waals surface area (Å²) in [5.41, 5.74) is 0.721. The van der Waals surface area contributed by atoms with E-state index in [1.54, 1.807) is 43.5 Å². The molecule has 180 valence electrons. The van der Waals surface area contributed by atoms with Gasteiger partial charge in [-0.1, -0.05) is 41.4 Å². The summed E-state index contributed by atoms with van der Waals surface area (Å²) in [4.78, 5) is 14.7. The second-order valence-corrected chi connectivity index (χ2v) is 10.8. The SMILES string of the molecule is C=CCN1C(=O)/C(=C/c2ccc(OC)c(OCCCC)c2)S/C1=N/S(=O)(=O)c1ccc(Br)cc1. The molecule has 0 spiro atoms. The zero-order valence-corrected chi connectivity index (χ0v) is 22.1. The van der Waals surface area contributed by atoms with E-state index in [1.165, 1.54) is 23.1 Å². The summed E-state index contributed by atoms with van der Waals surface area (Å²) in [6.07, 6.45) is 5.12. The number of methoxy groups -OCH3 is 1. The molecule has 0 atom stereocenters. The number of hydrogen-bond donors (Lipinski definition) is 0. The van der Waals surface area contributed by atoms with Crippen molar-refractivity contribution >= 4 is 54.9 Å². The summed E-state index contributed by atoms with van der Waals surface area (Å²) in [6.45, 7) is 6.43. The third kappa shape index (κ3) is 6.31. The van der Waals surface area contributed by atoms with Gasteiger partial charge in [-0.15, -0.1) is 11.0 Å². The molecule has 0 bridgehead atoms. The van der Waals surface area contributed by atoms with Gasteiger partial charge in [-0.25, -0.2) is 0 Å². The first-order chi connectivity index (χ1) is 16.3. The molecule has 0 radical (unpaired) electrons. The van der Waals surface area contributed by atoms with Gasteiger partial charge in [-0.3, -0.25) is 9.69 Å². The average Bonchev–Trinajstić information content (AvgIpc) is 3.08. The number of thioether (sulfide) groups is 1. The molecule has 1 aliphatic rings. The average molecular weight is 566 g/mol. The van der Waals surface area contributed by atoms with Crippen LogP contribution in [-0.2, 0) is 14.8 Å². The predicted molar refractivity (Wildman–Crippen MR) is 140 cm³/mol. The van der Waals surface area contributed by atoms with Gasteiger partial charge in [0.2, 0.25) is 0 Å². The molecule has 0 aliphatic carbocycles. The number of carbonyl (C=O) groups is 1. The number of carbonyl (C=O) groups excluding carboxylic acids is 1. The van der Waals surface area contributed by atoms with Gasteiger partial charge in [-0.05, 0) is 66.2 Å². The molecule has 1 aliphatic heterocycles. The van der Waals surface area contributed by atoms with E-state index in [2.05, 4.69) is 33.8 Å². The van der Waals surface area contributed by atoms with E-state index in [9.17, 15) is 13.2 Å². The molecular formula is C24H25BrN2O5S2. The number of unbranched alkanes of at least 4 members (excludes halogenated alkanes) is 1. The van der Waals surface area contributed by atoms with E-state index in [4.69, 9.17) is 9.47 Å². The van der Waals surface area contributed by atoms with Gasteiger partial charge in [0.1, 0.15) is 0 Å². The first-order valence-electron chi connectivity index (χ1n) is 10.5. The molecule has 0 saturated carbocycles. The van der Waals surface area contributed by atoms with Gasteiger partial charge < -0.3 is 9.47 Å². The van der Waals surface area contributed by atoms with Crippen LogP contribution in [0.1, 0.15) is 25.3 Å². The van der Waals surface area contributed by atoms with Crippen molar-refractivity contribution in [3.63, 3.8) is 0 Å². The molecular weight excluding hydrogens is 540 g/mol. The quantitative estimate of drug-likeness (QED) is 0.215. The van der Waals surface area contributed by atoms with Crippen molar-refractivity contribution < 1.29 is 22.7 Å². The Labute approximate surface area is 212 Å². The van der Waals surface area contributed by atoms with Gasteiger partial charge in [0.05, 0.1) is 23.5 Å². The minimum Gasteiger partial charge on any atom is -0.493 e. The van der Waals surface area contributed by atoms with Crippen LogP contribution in [0.5, 0.6) is 11.5 Å². The van der Waals surface area contributed by atoms with Gasteiger partial charge >= 0.3 is 0 Å². The number of benzene rings is 2. The first kappa shape index (κ1) is 26.1. The van der Waals surface area contributed by atoms with Crippen molar-refractivity contribution in [1.82, 2.24) is 4.90 Å². The Morgan fingerprint density at radius 2 is 1.91 bits per heavy atom. The van der Waals surface area contributed by atoms with E-state index >= 15 is 0 Å². The maximum atomic E-state index is 13.0. The maximum Gasteiger partial charge on any atom is 0.284 e. The molecule has 10 heteroatoms. The predicted octanol–water partition coefficient (Wildman–Crippen LogP) is 5.48. The van der Waals surface area contributed by atoms with Crippen LogP contribution in [0.4, 0.5) is 0 Å². The van der Waals surface area contributed by atoms with E-state index in [0.29, 0.717) is 23.0 Å². The van der Waals surface area contributed by atoms with Gasteiger partial charge in [0.25, 0.3) is 15.9 Å². The van der Waals surface area contributed by atoms with Crippen molar-refractivity contribution in [2.75, 3.05) is 20.3 Å². The summed E-state index contributed by atoms with van der Waals surface area (Å²) >= 11 is 4.29. The van der Waals surface area contributed by atoms with Crippen molar-refractivity contribution in [2.24, 2.45) is 4.40 Å². The number of rotatable bonds is 10. The monoisotopic (exact) mass is 564 g/mol. The molecule has 0 unspecified atom stereocenters. The zero-order valence-electron chi connectivity index (χ0n) is 18.9. The van der Waals surface area contributed by atoms with E-state index in [0.717, 1.165) is 34.6 Å². The zero-order chi connectivity index (χ0) is 24.7. The van der Waals surface area contributed by atoms with Crippen LogP contribution in [0, 0.1) is 0 Å². The molecule has 7 nitrogen and oxygen atoms in total. The van der Waals surface area contributed by atoms with E-state index in [1.807, 2.05) is 0 Å². The van der Waals surface area contributed by atoms with Crippen LogP contribution in [0.3, 0.4) is 0 Å². The molecule has 1 heterocycles. The first-order valence-corrected chi connectivity index (χ1v) is 13.6. The minimum atomic E-state index is -4.01. The van der Waals surface area contributed by atoms with Crippen LogP contribution < -0.4 is 9.47 Å². The van der Waals surface area contributed by atoms with Gasteiger partial charge in [-0.2, -0.15) is 8.42 Å². The number of ether oxygens (including phenoxy) is 2. The molecule has 3 rings (SSSR count). The smallest absolute Gasteiger partial charge is 0.284 e. The lowest BCUT2D eigenvalue weighted by Gasteiger charge is -2.12. The second-order valence-electron chi connectivity index (χ2n) is 7.23. The largest absolute Gasteiger partial charge is 0.493 e. The van der Waals surface area contributed by atoms with E-state index < -0.39 is 10.0 Å². The molecule has 1 amide bonds. The highest BCUT2D eigenvalue weighted by Gasteiger charge is 2.34. The molecule has 1 fully saturated rings. The molecule has 1 saturated heterocycles. The highest BCUT2D eigenvalue weighted by Crippen LogP contribution is 2.35. The summed E-state index contributed by atoms with van der Waals surface area (Å²) in [5.74, 6) is 0.828. The number of amidine groups is 1. The summed E-state index contributed by atoms with van der Waals surface area (Å²) in [5, 5.41) is 0.0759. The number of halogens is 1. The summed E-state index contributed by atoms with van der Waals surface area (Å²) in [6, 6.07) is 11.5. The maximum absolute atomic E-state index is 13.0. The van der Waals surface area contributed by atoms with Crippen LogP contribution in [0.15, 0.2) is 73.8 Å². The molecule has 0 N–H and O–H groups in total. The third-order valence-corrected chi connectivity index (χ3v) is 7.68. The fourth-order valence-electron chi connectivity index (χ4n) is 3.00. The van der Waals surface area contributed by atoms with E-state index in [-0.39, 0.29) is 22.5 Å². The standard InChI is InChI=1S/C24H25BrN2O5S2/c1-4-6-14-32-21-15-17(7-12-20(21)31-3)16-22-23(28)27(13-5-2)24(33-22)26-34(29,30)19-10-8-18(25)9-11-19/h5,7-12,15-16H,2,4,6,13-14H2,1,3H3/b22-16-,26-24+. The Morgan fingerprint density at radius 3 is 2.56 bits per heavy atom.